The molecule has 1 atom stereocenters. The number of nitrogens with one attached hydrogen (secondary N) is 3. The van der Waals surface area contributed by atoms with Crippen molar-refractivity contribution in [3.63, 3.8) is 0 Å². The molecule has 8 nitrogen and oxygen atoms in total. The molecule has 4 bridgehead atoms. The lowest BCUT2D eigenvalue weighted by Gasteiger charge is -2.55. The number of hydrogen-bond donors (Lipinski definition) is 3. The van der Waals surface area contributed by atoms with Gasteiger partial charge in [-0.3, -0.25) is 19.7 Å². The van der Waals surface area contributed by atoms with E-state index in [4.69, 9.17) is 0 Å². The van der Waals surface area contributed by atoms with Crippen molar-refractivity contribution >= 4 is 23.2 Å². The molecule has 4 saturated carbocycles. The van der Waals surface area contributed by atoms with Gasteiger partial charge >= 0.3 is 0 Å². The Balaban J connectivity index is 1.27. The van der Waals surface area contributed by atoms with E-state index in [1.54, 1.807) is 12.1 Å². The molecule has 0 aromatic heterocycles. The van der Waals surface area contributed by atoms with Crippen LogP contribution < -0.4 is 16.0 Å². The number of non-ortho nitro benzene ring substituents is 1. The smallest absolute Gasteiger partial charge is 0.269 e. The lowest BCUT2D eigenvalue weighted by atomic mass is 9.49. The fraction of sp³-hybridized carbons (Fsp3) is 0.667. The van der Waals surface area contributed by atoms with E-state index in [-0.39, 0.29) is 28.8 Å². The summed E-state index contributed by atoms with van der Waals surface area (Å²) in [6.45, 7) is 4.79. The van der Waals surface area contributed by atoms with Gasteiger partial charge in [-0.15, -0.1) is 0 Å². The molecule has 4 aliphatic rings. The Morgan fingerprint density at radius 1 is 1.03 bits per heavy atom. The largest absolute Gasteiger partial charge is 0.383 e. The van der Waals surface area contributed by atoms with Crippen LogP contribution in [0.2, 0.25) is 0 Å². The second kappa shape index (κ2) is 9.08. The highest BCUT2D eigenvalue weighted by molar-refractivity contribution is 5.90. The summed E-state index contributed by atoms with van der Waals surface area (Å²) in [4.78, 5) is 36.5. The molecule has 8 heteroatoms. The molecule has 174 valence electrons. The Morgan fingerprint density at radius 3 is 2.09 bits per heavy atom. The third kappa shape index (κ3) is 4.74. The first-order valence-corrected chi connectivity index (χ1v) is 11.8. The second-order valence-electron chi connectivity index (χ2n) is 10.4. The summed E-state index contributed by atoms with van der Waals surface area (Å²) in [7, 11) is 0. The van der Waals surface area contributed by atoms with Gasteiger partial charge in [-0.2, -0.15) is 0 Å². The van der Waals surface area contributed by atoms with Crippen LogP contribution in [0.4, 0.5) is 11.4 Å². The van der Waals surface area contributed by atoms with Crippen molar-refractivity contribution in [3.05, 3.63) is 34.4 Å². The summed E-state index contributed by atoms with van der Waals surface area (Å²) >= 11 is 0. The highest BCUT2D eigenvalue weighted by Gasteiger charge is 2.55. The molecule has 0 heterocycles. The topological polar surface area (TPSA) is 113 Å². The van der Waals surface area contributed by atoms with Crippen LogP contribution >= 0.6 is 0 Å². The van der Waals surface area contributed by atoms with Gasteiger partial charge in [-0.1, -0.05) is 13.8 Å². The summed E-state index contributed by atoms with van der Waals surface area (Å²) in [5, 5.41) is 19.9. The molecule has 0 aliphatic heterocycles. The number of carbonyl (C=O) groups is 2. The zero-order valence-electron chi connectivity index (χ0n) is 18.9. The summed E-state index contributed by atoms with van der Waals surface area (Å²) in [6, 6.07) is 5.62. The fourth-order valence-corrected chi connectivity index (χ4v) is 6.42. The third-order valence-electron chi connectivity index (χ3n) is 7.59. The van der Waals surface area contributed by atoms with Gasteiger partial charge in [0.1, 0.15) is 6.04 Å². The van der Waals surface area contributed by atoms with E-state index in [2.05, 4.69) is 16.0 Å². The quantitative estimate of drug-likeness (QED) is 0.308. The number of hydrogen-bond acceptors (Lipinski definition) is 5. The number of benzene rings is 1. The summed E-state index contributed by atoms with van der Waals surface area (Å²) in [5.74, 6) is 1.96. The first-order valence-electron chi connectivity index (χ1n) is 11.8. The van der Waals surface area contributed by atoms with Crippen molar-refractivity contribution in [1.29, 1.82) is 0 Å². The van der Waals surface area contributed by atoms with Crippen molar-refractivity contribution in [1.82, 2.24) is 10.6 Å². The maximum atomic E-state index is 13.4. The van der Waals surface area contributed by atoms with E-state index in [0.29, 0.717) is 30.8 Å². The zero-order valence-corrected chi connectivity index (χ0v) is 18.9. The van der Waals surface area contributed by atoms with E-state index in [0.717, 1.165) is 24.9 Å². The van der Waals surface area contributed by atoms with E-state index in [9.17, 15) is 19.7 Å². The Labute approximate surface area is 189 Å². The fourth-order valence-electron chi connectivity index (χ4n) is 6.42. The SMILES string of the molecule is CC(C)C(NC(=O)C12CC3CC(CC(C3)C1)C2)C(=O)NCCNc1ccc([N+](=O)[O-])cc1. The number of amides is 2. The Bertz CT molecular complexity index is 832. The monoisotopic (exact) mass is 442 g/mol. The van der Waals surface area contributed by atoms with Crippen LogP contribution in [-0.2, 0) is 9.59 Å². The van der Waals surface area contributed by atoms with Crippen LogP contribution in [0.15, 0.2) is 24.3 Å². The van der Waals surface area contributed by atoms with Gasteiger partial charge in [0.25, 0.3) is 5.69 Å². The molecule has 1 aromatic rings. The van der Waals surface area contributed by atoms with Gasteiger partial charge in [-0.25, -0.2) is 0 Å². The van der Waals surface area contributed by atoms with Crippen LogP contribution in [0.25, 0.3) is 0 Å². The molecule has 5 rings (SSSR count). The Hall–Kier alpha value is -2.64. The summed E-state index contributed by atoms with van der Waals surface area (Å²) in [5.41, 5.74) is 0.526. The number of anilines is 1. The highest BCUT2D eigenvalue weighted by Crippen LogP contribution is 2.60. The number of nitrogens with zero attached hydrogens (tertiary/aromatic N) is 1. The summed E-state index contributed by atoms with van der Waals surface area (Å²) < 4.78 is 0. The molecular formula is C24H34N4O4. The highest BCUT2D eigenvalue weighted by atomic mass is 16.6. The molecule has 1 aromatic carbocycles. The molecule has 2 amide bonds. The number of nitro benzene ring substituents is 1. The lowest BCUT2D eigenvalue weighted by molar-refractivity contribution is -0.384. The average Bonchev–Trinajstić information content (AvgIpc) is 2.73. The van der Waals surface area contributed by atoms with E-state index >= 15 is 0 Å². The molecular weight excluding hydrogens is 408 g/mol. The first kappa shape index (κ1) is 22.6. The molecule has 32 heavy (non-hydrogen) atoms. The zero-order chi connectivity index (χ0) is 22.9. The number of carbonyl (C=O) groups excluding carboxylic acids is 2. The minimum Gasteiger partial charge on any atom is -0.383 e. The van der Waals surface area contributed by atoms with Crippen molar-refractivity contribution < 1.29 is 14.5 Å². The Kier molecular flexibility index (Phi) is 6.40. The van der Waals surface area contributed by atoms with Crippen LogP contribution in [0.5, 0.6) is 0 Å². The van der Waals surface area contributed by atoms with Gasteiger partial charge in [0, 0.05) is 36.3 Å². The van der Waals surface area contributed by atoms with Crippen molar-refractivity contribution in [2.24, 2.45) is 29.1 Å². The molecule has 0 spiro atoms. The molecule has 4 aliphatic carbocycles. The number of rotatable bonds is 9. The minimum absolute atomic E-state index is 0.00417. The van der Waals surface area contributed by atoms with Crippen molar-refractivity contribution in [3.8, 4) is 0 Å². The van der Waals surface area contributed by atoms with E-state index < -0.39 is 11.0 Å². The minimum atomic E-state index is -0.546. The van der Waals surface area contributed by atoms with Gasteiger partial charge < -0.3 is 16.0 Å². The molecule has 4 fully saturated rings. The standard InChI is InChI=1S/C24H34N4O4/c1-15(2)21(22(29)26-8-7-25-19-3-5-20(6-4-19)28(31)32)27-23(30)24-12-16-9-17(13-24)11-18(10-16)14-24/h3-6,15-18,21,25H,7-14H2,1-2H3,(H,26,29)(H,27,30). The van der Waals surface area contributed by atoms with E-state index in [1.165, 1.54) is 31.4 Å². The lowest BCUT2D eigenvalue weighted by Crippen LogP contribution is -2.58. The number of nitro groups is 1. The van der Waals surface area contributed by atoms with Crippen LogP contribution in [0.1, 0.15) is 52.4 Å². The predicted molar refractivity (Wildman–Crippen MR) is 122 cm³/mol. The normalized spacial score (nSPS) is 28.9. The maximum Gasteiger partial charge on any atom is 0.269 e. The Morgan fingerprint density at radius 2 is 1.59 bits per heavy atom. The molecule has 0 radical (unpaired) electrons. The van der Waals surface area contributed by atoms with Crippen LogP contribution in [0, 0.1) is 39.2 Å². The van der Waals surface area contributed by atoms with Gasteiger partial charge in [-0.05, 0) is 74.3 Å². The second-order valence-corrected chi connectivity index (χ2v) is 10.4. The van der Waals surface area contributed by atoms with Gasteiger partial charge in [0.15, 0.2) is 0 Å². The molecule has 0 saturated heterocycles. The van der Waals surface area contributed by atoms with Crippen molar-refractivity contribution in [2.75, 3.05) is 18.4 Å². The first-order chi connectivity index (χ1) is 15.3. The van der Waals surface area contributed by atoms with E-state index in [1.807, 2.05) is 13.8 Å². The van der Waals surface area contributed by atoms with Crippen molar-refractivity contribution in [2.45, 2.75) is 58.4 Å². The van der Waals surface area contributed by atoms with Crippen LogP contribution in [-0.4, -0.2) is 35.9 Å². The third-order valence-corrected chi connectivity index (χ3v) is 7.59. The maximum absolute atomic E-state index is 13.4. The predicted octanol–water partition coefficient (Wildman–Crippen LogP) is 3.48. The van der Waals surface area contributed by atoms with Crippen LogP contribution in [0.3, 0.4) is 0 Å². The van der Waals surface area contributed by atoms with Gasteiger partial charge in [0.2, 0.25) is 11.8 Å². The van der Waals surface area contributed by atoms with Gasteiger partial charge in [0.05, 0.1) is 4.92 Å². The molecule has 3 N–H and O–H groups in total. The molecule has 1 unspecified atom stereocenters. The summed E-state index contributed by atoms with van der Waals surface area (Å²) in [6.07, 6.45) is 6.79. The average molecular weight is 443 g/mol.